The Hall–Kier alpha value is -2.67. The quantitative estimate of drug-likeness (QED) is 0.635. The van der Waals surface area contributed by atoms with E-state index in [4.69, 9.17) is 17.0 Å². The van der Waals surface area contributed by atoms with Gasteiger partial charge in [-0.1, -0.05) is 12.1 Å². The summed E-state index contributed by atoms with van der Waals surface area (Å²) < 4.78 is 6.97. The van der Waals surface area contributed by atoms with Crippen molar-refractivity contribution in [3.63, 3.8) is 0 Å². The summed E-state index contributed by atoms with van der Waals surface area (Å²) in [6, 6.07) is 12.7. The van der Waals surface area contributed by atoms with Crippen LogP contribution < -0.4 is 10.9 Å². The van der Waals surface area contributed by atoms with Crippen LogP contribution in [0.1, 0.15) is 35.3 Å². The molecule has 2 bridgehead atoms. The third kappa shape index (κ3) is 3.67. The second kappa shape index (κ2) is 7.75. The third-order valence-electron chi connectivity index (χ3n) is 5.39. The molecule has 0 radical (unpaired) electrons. The van der Waals surface area contributed by atoms with Gasteiger partial charge in [0.25, 0.3) is 5.56 Å². The standard InChI is InChI=1S/C21H23N3O3S/c1-2-27-20(26)15-5-3-6-17(10-15)22-21(28)23-11-14-9-16(13-23)18-7-4-8-19(25)24(18)12-14/h3-8,10,14,16H,2,9,11-13H2,1H3,(H,22,28)/t14-,16-/m0/s1. The molecule has 0 amide bonds. The Morgan fingerprint density at radius 2 is 2.04 bits per heavy atom. The zero-order valence-electron chi connectivity index (χ0n) is 15.8. The van der Waals surface area contributed by atoms with Crippen molar-refractivity contribution in [3.05, 3.63) is 64.1 Å². The highest BCUT2D eigenvalue weighted by molar-refractivity contribution is 7.80. The van der Waals surface area contributed by atoms with Crippen molar-refractivity contribution >= 4 is 29.0 Å². The normalized spacial score (nSPS) is 20.2. The minimum absolute atomic E-state index is 0.0807. The van der Waals surface area contributed by atoms with Crippen molar-refractivity contribution in [2.45, 2.75) is 25.8 Å². The maximum absolute atomic E-state index is 12.2. The largest absolute Gasteiger partial charge is 0.462 e. The van der Waals surface area contributed by atoms with Gasteiger partial charge in [0.1, 0.15) is 0 Å². The van der Waals surface area contributed by atoms with Gasteiger partial charge in [0.2, 0.25) is 0 Å². The van der Waals surface area contributed by atoms with Gasteiger partial charge in [-0.2, -0.15) is 0 Å². The van der Waals surface area contributed by atoms with Crippen molar-refractivity contribution in [2.75, 3.05) is 25.0 Å². The number of hydrogen-bond acceptors (Lipinski definition) is 4. The highest BCUT2D eigenvalue weighted by Gasteiger charge is 2.35. The average molecular weight is 398 g/mol. The van der Waals surface area contributed by atoms with Crippen LogP contribution in [0.5, 0.6) is 0 Å². The molecule has 0 spiro atoms. The van der Waals surface area contributed by atoms with Crippen LogP contribution in [0.15, 0.2) is 47.3 Å². The molecular weight excluding hydrogens is 374 g/mol. The SMILES string of the molecule is CCOC(=O)c1cccc(NC(=S)N2C[C@@H]3C[C@@H](C2)c2cccc(=O)n2C3)c1. The fourth-order valence-electron chi connectivity index (χ4n) is 4.20. The Labute approximate surface area is 169 Å². The van der Waals surface area contributed by atoms with Gasteiger partial charge in [-0.25, -0.2) is 4.79 Å². The van der Waals surface area contributed by atoms with Crippen LogP contribution >= 0.6 is 12.2 Å². The molecule has 7 heteroatoms. The molecule has 1 N–H and O–H groups in total. The van der Waals surface area contributed by atoms with E-state index in [0.717, 1.165) is 37.4 Å². The van der Waals surface area contributed by atoms with E-state index in [1.54, 1.807) is 25.1 Å². The van der Waals surface area contributed by atoms with Crippen molar-refractivity contribution in [1.29, 1.82) is 0 Å². The summed E-state index contributed by atoms with van der Waals surface area (Å²) in [7, 11) is 0. The molecule has 6 nitrogen and oxygen atoms in total. The topological polar surface area (TPSA) is 63.6 Å². The minimum Gasteiger partial charge on any atom is -0.462 e. The van der Waals surface area contributed by atoms with Gasteiger partial charge in [0.05, 0.1) is 12.2 Å². The van der Waals surface area contributed by atoms with E-state index in [2.05, 4.69) is 10.2 Å². The van der Waals surface area contributed by atoms with Crippen LogP contribution in [-0.2, 0) is 11.3 Å². The number of benzene rings is 1. The number of thiocarbonyl (C=S) groups is 1. The molecule has 1 saturated heterocycles. The summed E-state index contributed by atoms with van der Waals surface area (Å²) in [4.78, 5) is 26.3. The molecule has 2 aliphatic rings. The molecule has 2 atom stereocenters. The zero-order valence-corrected chi connectivity index (χ0v) is 16.6. The number of likely N-dealkylation sites (tertiary alicyclic amines) is 1. The predicted molar refractivity (Wildman–Crippen MR) is 112 cm³/mol. The first-order valence-corrected chi connectivity index (χ1v) is 9.99. The van der Waals surface area contributed by atoms with Crippen LogP contribution in [0.4, 0.5) is 5.69 Å². The van der Waals surface area contributed by atoms with E-state index in [1.807, 2.05) is 28.8 Å². The number of piperidine rings is 1. The summed E-state index contributed by atoms with van der Waals surface area (Å²) in [5.41, 5.74) is 2.44. The Morgan fingerprint density at radius 1 is 1.21 bits per heavy atom. The maximum Gasteiger partial charge on any atom is 0.338 e. The number of hydrogen-bond donors (Lipinski definition) is 1. The number of rotatable bonds is 3. The van der Waals surface area contributed by atoms with Gasteiger partial charge < -0.3 is 19.5 Å². The number of nitrogens with zero attached hydrogens (tertiary/aromatic N) is 2. The van der Waals surface area contributed by atoms with E-state index >= 15 is 0 Å². The lowest BCUT2D eigenvalue weighted by atomic mass is 9.83. The summed E-state index contributed by atoms with van der Waals surface area (Å²) >= 11 is 5.65. The summed E-state index contributed by atoms with van der Waals surface area (Å²) in [6.45, 7) is 4.47. The predicted octanol–water partition coefficient (Wildman–Crippen LogP) is 2.84. The number of aromatic nitrogens is 1. The number of pyridine rings is 1. The van der Waals surface area contributed by atoms with Gasteiger partial charge in [-0.05, 0) is 55.7 Å². The molecule has 146 valence electrons. The molecule has 1 aromatic heterocycles. The maximum atomic E-state index is 12.2. The monoisotopic (exact) mass is 397 g/mol. The van der Waals surface area contributed by atoms with Crippen molar-refractivity contribution in [2.24, 2.45) is 5.92 Å². The number of carbonyl (C=O) groups is 1. The second-order valence-electron chi connectivity index (χ2n) is 7.33. The lowest BCUT2D eigenvalue weighted by molar-refractivity contribution is 0.0526. The van der Waals surface area contributed by atoms with Crippen LogP contribution in [0.3, 0.4) is 0 Å². The molecule has 28 heavy (non-hydrogen) atoms. The number of carbonyl (C=O) groups excluding carboxylic acids is 1. The third-order valence-corrected chi connectivity index (χ3v) is 5.75. The van der Waals surface area contributed by atoms with E-state index in [1.165, 1.54) is 0 Å². The zero-order chi connectivity index (χ0) is 19.7. The van der Waals surface area contributed by atoms with E-state index in [0.29, 0.717) is 29.1 Å². The van der Waals surface area contributed by atoms with Crippen LogP contribution in [0.25, 0.3) is 0 Å². The average Bonchev–Trinajstić information content (AvgIpc) is 2.69. The minimum atomic E-state index is -0.341. The first kappa shape index (κ1) is 18.7. The van der Waals surface area contributed by atoms with Gasteiger partial charge >= 0.3 is 5.97 Å². The molecule has 2 aliphatic heterocycles. The lowest BCUT2D eigenvalue weighted by Gasteiger charge is -2.43. The van der Waals surface area contributed by atoms with E-state index in [-0.39, 0.29) is 11.5 Å². The van der Waals surface area contributed by atoms with Crippen LogP contribution in [-0.4, -0.2) is 40.2 Å². The number of anilines is 1. The van der Waals surface area contributed by atoms with E-state index < -0.39 is 0 Å². The summed E-state index contributed by atoms with van der Waals surface area (Å²) in [5, 5.41) is 3.90. The van der Waals surface area contributed by atoms with Gasteiger partial charge in [-0.15, -0.1) is 0 Å². The fraction of sp³-hybridized carbons (Fsp3) is 0.381. The second-order valence-corrected chi connectivity index (χ2v) is 7.72. The first-order valence-electron chi connectivity index (χ1n) is 9.58. The van der Waals surface area contributed by atoms with Crippen molar-refractivity contribution in [1.82, 2.24) is 9.47 Å². The van der Waals surface area contributed by atoms with Crippen LogP contribution in [0.2, 0.25) is 0 Å². The molecular formula is C21H23N3O3S. The van der Waals surface area contributed by atoms with Gasteiger partial charge in [0.15, 0.2) is 5.11 Å². The fourth-order valence-corrected chi connectivity index (χ4v) is 4.47. The Balaban J connectivity index is 1.48. The first-order chi connectivity index (χ1) is 13.5. The molecule has 0 unspecified atom stereocenters. The molecule has 3 heterocycles. The van der Waals surface area contributed by atoms with Gasteiger partial charge in [0, 0.05) is 43.0 Å². The molecule has 0 aliphatic carbocycles. The van der Waals surface area contributed by atoms with E-state index in [9.17, 15) is 9.59 Å². The number of esters is 1. The lowest BCUT2D eigenvalue weighted by Crippen LogP contribution is -2.50. The van der Waals surface area contributed by atoms with Crippen molar-refractivity contribution < 1.29 is 9.53 Å². The molecule has 1 aromatic carbocycles. The molecule has 1 fully saturated rings. The number of nitrogens with one attached hydrogen (secondary N) is 1. The Bertz CT molecular complexity index is 971. The Kier molecular flexibility index (Phi) is 5.17. The number of fused-ring (bicyclic) bond motifs is 4. The Morgan fingerprint density at radius 3 is 2.86 bits per heavy atom. The highest BCUT2D eigenvalue weighted by atomic mass is 32.1. The molecule has 4 rings (SSSR count). The highest BCUT2D eigenvalue weighted by Crippen LogP contribution is 2.35. The number of ether oxygens (including phenoxy) is 1. The van der Waals surface area contributed by atoms with Crippen molar-refractivity contribution in [3.8, 4) is 0 Å². The van der Waals surface area contributed by atoms with Crippen LogP contribution in [0, 0.1) is 5.92 Å². The summed E-state index contributed by atoms with van der Waals surface area (Å²) in [5.74, 6) is 0.357. The molecule has 0 saturated carbocycles. The summed E-state index contributed by atoms with van der Waals surface area (Å²) in [6.07, 6.45) is 1.08. The molecule has 2 aromatic rings. The smallest absolute Gasteiger partial charge is 0.338 e. The van der Waals surface area contributed by atoms with Gasteiger partial charge in [-0.3, -0.25) is 4.79 Å².